The smallest absolute Gasteiger partial charge is 0.143 e. The van der Waals surface area contributed by atoms with Gasteiger partial charge in [0.2, 0.25) is 0 Å². The van der Waals surface area contributed by atoms with Crippen LogP contribution in [0.25, 0.3) is 99.9 Å². The van der Waals surface area contributed by atoms with E-state index >= 15 is 0 Å². The molecule has 0 fully saturated rings. The minimum atomic E-state index is -0.426. The van der Waals surface area contributed by atoms with Crippen LogP contribution < -0.4 is 0 Å². The third-order valence-corrected chi connectivity index (χ3v) is 9.69. The Morgan fingerprint density at radius 3 is 1.57 bits per heavy atom. The van der Waals surface area contributed by atoms with Crippen LogP contribution in [0.2, 0.25) is 0 Å². The van der Waals surface area contributed by atoms with Gasteiger partial charge in [0.1, 0.15) is 11.5 Å². The zero-order valence-electron chi connectivity index (χ0n) is 34.3. The Bertz CT molecular complexity index is 3260. The molecule has 0 bridgehead atoms. The lowest BCUT2D eigenvalue weighted by Crippen LogP contribution is -1.91. The predicted molar refractivity (Wildman–Crippen MR) is 219 cm³/mol. The first-order valence-corrected chi connectivity index (χ1v) is 17.4. The Balaban J connectivity index is 1.20. The van der Waals surface area contributed by atoms with Crippen LogP contribution in [-0.2, 0) is 0 Å². The van der Waals surface area contributed by atoms with E-state index < -0.39 is 12.1 Å². The highest BCUT2D eigenvalue weighted by molar-refractivity contribution is 6.07. The van der Waals surface area contributed by atoms with E-state index in [0.29, 0.717) is 28.1 Å². The van der Waals surface area contributed by atoms with Crippen molar-refractivity contribution in [1.82, 2.24) is 9.97 Å². The molecule has 53 heavy (non-hydrogen) atoms. The molecular weight excluding hydrogens is 645 g/mol. The molecule has 0 aliphatic heterocycles. The maximum Gasteiger partial charge on any atom is 0.143 e. The largest absolute Gasteiger partial charge is 0.455 e. The molecule has 0 atom stereocenters. The molecule has 0 radical (unpaired) electrons. The fourth-order valence-electron chi connectivity index (χ4n) is 7.19. The maximum atomic E-state index is 9.48. The van der Waals surface area contributed by atoms with E-state index in [4.69, 9.17) is 13.5 Å². The molecule has 0 aliphatic carbocycles. The Labute approximate surface area is 315 Å². The van der Waals surface area contributed by atoms with Gasteiger partial charge in [-0.3, -0.25) is 4.98 Å². The fraction of sp³-hybridized carbons (Fsp3) is 0. The van der Waals surface area contributed by atoms with E-state index in [9.17, 15) is 4.11 Å². The van der Waals surface area contributed by atoms with E-state index in [1.54, 1.807) is 12.3 Å². The van der Waals surface area contributed by atoms with Crippen LogP contribution in [-0.4, -0.2) is 9.97 Å². The Kier molecular flexibility index (Phi) is 6.07. The minimum Gasteiger partial charge on any atom is -0.455 e. The molecule has 10 aromatic rings. The van der Waals surface area contributed by atoms with Gasteiger partial charge in [-0.25, -0.2) is 4.98 Å². The van der Waals surface area contributed by atoms with Gasteiger partial charge in [-0.1, -0.05) is 176 Å². The van der Waals surface area contributed by atoms with Crippen molar-refractivity contribution in [3.63, 3.8) is 0 Å². The molecule has 10 rings (SSSR count). The number of hydrogen-bond acceptors (Lipinski definition) is 3. The van der Waals surface area contributed by atoms with E-state index in [1.807, 2.05) is 121 Å². The van der Waals surface area contributed by atoms with Crippen LogP contribution in [0.15, 0.2) is 199 Å². The summed E-state index contributed by atoms with van der Waals surface area (Å²) in [6.45, 7) is 0. The molecule has 0 saturated carbocycles. The van der Waals surface area contributed by atoms with Crippen molar-refractivity contribution in [2.45, 2.75) is 0 Å². The summed E-state index contributed by atoms with van der Waals surface area (Å²) >= 11 is 0. The second kappa shape index (κ2) is 12.9. The molecule has 3 nitrogen and oxygen atoms in total. The molecular formula is C50H32N2O. The lowest BCUT2D eigenvalue weighted by atomic mass is 9.90. The van der Waals surface area contributed by atoms with Crippen molar-refractivity contribution in [3.8, 4) is 67.3 Å². The summed E-state index contributed by atoms with van der Waals surface area (Å²) < 4.78 is 61.6. The molecule has 0 amide bonds. The predicted octanol–water partition coefficient (Wildman–Crippen LogP) is 13.5. The third kappa shape index (κ3) is 5.38. The highest BCUT2D eigenvalue weighted by Crippen LogP contribution is 2.48. The fourth-order valence-corrected chi connectivity index (χ4v) is 7.19. The standard InChI is InChI=1S/C50H32N2O/c1-4-13-34(14-5-1)45-46(35-15-6-2-7-16-35)50(53-49(45)38-17-8-3-9-18-38)39-26-22-33(23-27-39)40-29-30-43(42-21-11-10-20-41(40)42)44-31-28-37-25-24-36-19-12-32-51-47(36)48(37)52-44/h1-32H/i10D,11D,20D,21D,29D,30D. The summed E-state index contributed by atoms with van der Waals surface area (Å²) in [5, 5.41) is 2.01. The summed E-state index contributed by atoms with van der Waals surface area (Å²) in [7, 11) is 0. The van der Waals surface area contributed by atoms with Gasteiger partial charge in [0.25, 0.3) is 0 Å². The van der Waals surface area contributed by atoms with E-state index in [1.165, 1.54) is 0 Å². The highest BCUT2D eigenvalue weighted by Gasteiger charge is 2.25. The number of benzene rings is 7. The van der Waals surface area contributed by atoms with Gasteiger partial charge < -0.3 is 4.42 Å². The van der Waals surface area contributed by atoms with Gasteiger partial charge in [0.15, 0.2) is 0 Å². The van der Waals surface area contributed by atoms with Crippen molar-refractivity contribution in [2.24, 2.45) is 0 Å². The molecule has 3 heterocycles. The maximum absolute atomic E-state index is 9.48. The van der Waals surface area contributed by atoms with Crippen LogP contribution in [0.1, 0.15) is 8.22 Å². The number of aromatic nitrogens is 2. The summed E-state index contributed by atoms with van der Waals surface area (Å²) in [4.78, 5) is 9.52. The van der Waals surface area contributed by atoms with Gasteiger partial charge in [0.05, 0.1) is 25.0 Å². The van der Waals surface area contributed by atoms with Crippen LogP contribution in [0, 0.1) is 0 Å². The van der Waals surface area contributed by atoms with Crippen molar-refractivity contribution in [1.29, 1.82) is 0 Å². The minimum absolute atomic E-state index is 0.133. The molecule has 7 aromatic carbocycles. The normalized spacial score (nSPS) is 13.0. The number of rotatable bonds is 6. The quantitative estimate of drug-likeness (QED) is 0.164. The van der Waals surface area contributed by atoms with Crippen molar-refractivity contribution >= 4 is 32.6 Å². The topological polar surface area (TPSA) is 38.9 Å². The number of pyridine rings is 2. The second-order valence-corrected chi connectivity index (χ2v) is 12.8. The van der Waals surface area contributed by atoms with Gasteiger partial charge in [-0.15, -0.1) is 0 Å². The first-order chi connectivity index (χ1) is 28.8. The molecule has 3 heteroatoms. The lowest BCUT2D eigenvalue weighted by Gasteiger charge is -2.13. The zero-order valence-corrected chi connectivity index (χ0v) is 28.3. The van der Waals surface area contributed by atoms with Gasteiger partial charge in [-0.05, 0) is 45.2 Å². The summed E-state index contributed by atoms with van der Waals surface area (Å²) in [6, 6.07) is 47.3. The molecule has 248 valence electrons. The van der Waals surface area contributed by atoms with Crippen LogP contribution in [0.5, 0.6) is 0 Å². The monoisotopic (exact) mass is 682 g/mol. The average Bonchev–Trinajstić information content (AvgIpc) is 3.70. The number of fused-ring (bicyclic) bond motifs is 4. The lowest BCUT2D eigenvalue weighted by molar-refractivity contribution is 0.599. The third-order valence-electron chi connectivity index (χ3n) is 9.69. The molecule has 0 N–H and O–H groups in total. The average molecular weight is 683 g/mol. The molecule has 0 spiro atoms. The first kappa shape index (κ1) is 25.0. The Hall–Kier alpha value is -7.10. The number of hydrogen-bond donors (Lipinski definition) is 0. The Morgan fingerprint density at radius 2 is 0.925 bits per heavy atom. The molecule has 3 aromatic heterocycles. The summed E-state index contributed by atoms with van der Waals surface area (Å²) in [5.74, 6) is 1.38. The molecule has 0 aliphatic rings. The molecule has 0 unspecified atom stereocenters. The summed E-state index contributed by atoms with van der Waals surface area (Å²) in [6.07, 6.45) is 1.69. The van der Waals surface area contributed by atoms with Gasteiger partial charge in [0, 0.05) is 44.8 Å². The highest BCUT2D eigenvalue weighted by atomic mass is 16.3. The van der Waals surface area contributed by atoms with Crippen LogP contribution in [0.3, 0.4) is 0 Å². The van der Waals surface area contributed by atoms with Crippen molar-refractivity contribution < 1.29 is 12.6 Å². The number of nitrogens with zero attached hydrogens (tertiary/aromatic N) is 2. The van der Waals surface area contributed by atoms with Gasteiger partial charge >= 0.3 is 0 Å². The van der Waals surface area contributed by atoms with Gasteiger partial charge in [-0.2, -0.15) is 0 Å². The zero-order chi connectivity index (χ0) is 40.4. The van der Waals surface area contributed by atoms with Crippen LogP contribution >= 0.6 is 0 Å². The summed E-state index contributed by atoms with van der Waals surface area (Å²) in [5.41, 5.74) is 8.08. The Morgan fingerprint density at radius 1 is 0.415 bits per heavy atom. The van der Waals surface area contributed by atoms with E-state index in [0.717, 1.165) is 49.9 Å². The number of furan rings is 1. The van der Waals surface area contributed by atoms with E-state index in [2.05, 4.69) is 29.2 Å². The van der Waals surface area contributed by atoms with Crippen molar-refractivity contribution in [3.05, 3.63) is 194 Å². The van der Waals surface area contributed by atoms with Crippen molar-refractivity contribution in [2.75, 3.05) is 0 Å². The SMILES string of the molecule is [2H]c1c([2H])c([2H])c2c(-c3ccc4ccc5cccnc5c4n3)c([2H])c([2H])c(-c3ccc(-c4oc(-c5ccccc5)c(-c5ccccc5)c4-c4ccccc4)cc3)c2c1[2H]. The second-order valence-electron chi connectivity index (χ2n) is 12.8. The first-order valence-electron chi connectivity index (χ1n) is 20.4. The van der Waals surface area contributed by atoms with E-state index in [-0.39, 0.29) is 46.1 Å². The van der Waals surface area contributed by atoms with Crippen LogP contribution in [0.4, 0.5) is 0 Å². The molecule has 0 saturated heterocycles.